The molecule has 1 unspecified atom stereocenters. The Kier molecular flexibility index (Phi) is 4.44. The summed E-state index contributed by atoms with van der Waals surface area (Å²) in [4.78, 5) is 25.4. The molecule has 0 bridgehead atoms. The summed E-state index contributed by atoms with van der Waals surface area (Å²) in [5, 5.41) is 2.13. The summed E-state index contributed by atoms with van der Waals surface area (Å²) < 4.78 is 10.9. The number of hydrogen-bond acceptors (Lipinski definition) is 5. The van der Waals surface area contributed by atoms with E-state index in [9.17, 15) is 9.59 Å². The maximum atomic E-state index is 12.8. The van der Waals surface area contributed by atoms with E-state index in [-0.39, 0.29) is 23.8 Å². The molecule has 2 N–H and O–H groups in total. The van der Waals surface area contributed by atoms with Gasteiger partial charge in [-0.2, -0.15) is 0 Å². The Balaban J connectivity index is 1.91. The van der Waals surface area contributed by atoms with Gasteiger partial charge in [0.1, 0.15) is 11.3 Å². The molecule has 5 nitrogen and oxygen atoms in total. The van der Waals surface area contributed by atoms with E-state index < -0.39 is 11.9 Å². The molecular weight excluding hydrogens is 342 g/mol. The van der Waals surface area contributed by atoms with E-state index in [1.165, 1.54) is 0 Å². The zero-order chi connectivity index (χ0) is 19.0. The molecule has 0 spiro atoms. The van der Waals surface area contributed by atoms with Crippen LogP contribution in [0.4, 0.5) is 0 Å². The van der Waals surface area contributed by atoms with E-state index in [1.54, 1.807) is 6.92 Å². The quantitative estimate of drug-likeness (QED) is 0.842. The van der Waals surface area contributed by atoms with Gasteiger partial charge in [-0.3, -0.25) is 4.79 Å². The number of rotatable bonds is 3. The van der Waals surface area contributed by atoms with Gasteiger partial charge in [-0.15, -0.1) is 0 Å². The Bertz CT molecular complexity index is 1000. The van der Waals surface area contributed by atoms with E-state index in [1.807, 2.05) is 42.5 Å². The number of ketones is 1. The van der Waals surface area contributed by atoms with Crippen molar-refractivity contribution in [2.75, 3.05) is 6.61 Å². The number of esters is 1. The Morgan fingerprint density at radius 1 is 1.19 bits per heavy atom. The van der Waals surface area contributed by atoms with E-state index in [0.717, 1.165) is 22.8 Å². The van der Waals surface area contributed by atoms with Crippen LogP contribution in [-0.4, -0.2) is 18.4 Å². The molecule has 4 rings (SSSR count). The fourth-order valence-electron chi connectivity index (χ4n) is 3.88. The molecule has 0 saturated heterocycles. The van der Waals surface area contributed by atoms with Crippen molar-refractivity contribution in [1.29, 1.82) is 0 Å². The van der Waals surface area contributed by atoms with Crippen LogP contribution in [0.25, 0.3) is 10.8 Å². The number of benzene rings is 2. The second-order valence-electron chi connectivity index (χ2n) is 6.75. The molecule has 1 atom stereocenters. The number of nitrogens with two attached hydrogens (primary N) is 1. The largest absolute Gasteiger partial charge is 0.462 e. The molecule has 27 heavy (non-hydrogen) atoms. The Morgan fingerprint density at radius 2 is 1.96 bits per heavy atom. The highest BCUT2D eigenvalue weighted by Crippen LogP contribution is 2.44. The van der Waals surface area contributed by atoms with Crippen LogP contribution in [0.15, 0.2) is 65.3 Å². The molecule has 0 fully saturated rings. The molecule has 5 heteroatoms. The first-order chi connectivity index (χ1) is 13.1. The standard InChI is InChI=1S/C22H21NO4/c1-2-26-22(25)20-18(15-11-10-13-6-3-4-7-14(13)12-15)19-16(24)8-5-9-17(19)27-21(20)23/h3-4,6-7,10-12,18H,2,5,8-9,23H2,1H3. The predicted molar refractivity (Wildman–Crippen MR) is 102 cm³/mol. The number of carbonyl (C=O) groups is 2. The fraction of sp³-hybridized carbons (Fsp3) is 0.273. The average molecular weight is 363 g/mol. The lowest BCUT2D eigenvalue weighted by atomic mass is 9.77. The fourth-order valence-corrected chi connectivity index (χ4v) is 3.88. The van der Waals surface area contributed by atoms with Crippen molar-refractivity contribution in [2.24, 2.45) is 5.73 Å². The maximum absolute atomic E-state index is 12.8. The molecule has 0 aromatic heterocycles. The second kappa shape index (κ2) is 6.91. The number of ether oxygens (including phenoxy) is 2. The number of allylic oxidation sites excluding steroid dienone is 2. The third-order valence-corrected chi connectivity index (χ3v) is 5.09. The number of fused-ring (bicyclic) bond motifs is 1. The first kappa shape index (κ1) is 17.3. The van der Waals surface area contributed by atoms with Gasteiger partial charge in [0.25, 0.3) is 0 Å². The third-order valence-electron chi connectivity index (χ3n) is 5.09. The van der Waals surface area contributed by atoms with Crippen LogP contribution in [0.1, 0.15) is 37.7 Å². The predicted octanol–water partition coefficient (Wildman–Crippen LogP) is 3.69. The number of hydrogen-bond donors (Lipinski definition) is 1. The zero-order valence-corrected chi connectivity index (χ0v) is 15.2. The van der Waals surface area contributed by atoms with Crippen LogP contribution in [0.2, 0.25) is 0 Å². The summed E-state index contributed by atoms with van der Waals surface area (Å²) in [7, 11) is 0. The minimum absolute atomic E-state index is 0.00343. The van der Waals surface area contributed by atoms with Gasteiger partial charge in [0.15, 0.2) is 5.78 Å². The maximum Gasteiger partial charge on any atom is 0.340 e. The van der Waals surface area contributed by atoms with Gasteiger partial charge in [-0.25, -0.2) is 4.79 Å². The Hall–Kier alpha value is -3.08. The molecule has 2 aromatic carbocycles. The minimum Gasteiger partial charge on any atom is -0.462 e. The Labute approximate surface area is 157 Å². The molecule has 0 saturated carbocycles. The van der Waals surface area contributed by atoms with E-state index in [4.69, 9.17) is 15.2 Å². The van der Waals surface area contributed by atoms with Crippen molar-refractivity contribution in [3.63, 3.8) is 0 Å². The van der Waals surface area contributed by atoms with Gasteiger partial charge >= 0.3 is 5.97 Å². The van der Waals surface area contributed by atoms with Crippen molar-refractivity contribution in [3.05, 3.63) is 70.8 Å². The summed E-state index contributed by atoms with van der Waals surface area (Å²) in [6, 6.07) is 13.9. The van der Waals surface area contributed by atoms with Crippen LogP contribution in [0, 0.1) is 0 Å². The molecule has 138 valence electrons. The summed E-state index contributed by atoms with van der Waals surface area (Å²) in [5.41, 5.74) is 7.70. The van der Waals surface area contributed by atoms with Gasteiger partial charge in [0.2, 0.25) is 5.88 Å². The molecule has 2 aromatic rings. The van der Waals surface area contributed by atoms with Crippen molar-refractivity contribution < 1.29 is 19.1 Å². The topological polar surface area (TPSA) is 78.6 Å². The van der Waals surface area contributed by atoms with Crippen molar-refractivity contribution in [2.45, 2.75) is 32.1 Å². The smallest absolute Gasteiger partial charge is 0.340 e. The van der Waals surface area contributed by atoms with Gasteiger partial charge in [0.05, 0.1) is 12.5 Å². The lowest BCUT2D eigenvalue weighted by Crippen LogP contribution is -2.31. The van der Waals surface area contributed by atoms with E-state index in [0.29, 0.717) is 24.2 Å². The summed E-state index contributed by atoms with van der Waals surface area (Å²) in [5.74, 6) is -0.498. The molecule has 0 radical (unpaired) electrons. The highest BCUT2D eigenvalue weighted by Gasteiger charge is 2.41. The molecule has 1 heterocycles. The van der Waals surface area contributed by atoms with Gasteiger partial charge in [-0.05, 0) is 29.7 Å². The van der Waals surface area contributed by atoms with Crippen molar-refractivity contribution in [3.8, 4) is 0 Å². The summed E-state index contributed by atoms with van der Waals surface area (Å²) in [6.45, 7) is 1.96. The average Bonchev–Trinajstić information content (AvgIpc) is 2.67. The number of carbonyl (C=O) groups excluding carboxylic acids is 2. The van der Waals surface area contributed by atoms with Crippen LogP contribution in [0.3, 0.4) is 0 Å². The molecule has 1 aliphatic carbocycles. The highest BCUT2D eigenvalue weighted by atomic mass is 16.5. The van der Waals surface area contributed by atoms with Crippen LogP contribution in [0.5, 0.6) is 0 Å². The Morgan fingerprint density at radius 3 is 2.74 bits per heavy atom. The van der Waals surface area contributed by atoms with Crippen molar-refractivity contribution in [1.82, 2.24) is 0 Å². The SMILES string of the molecule is CCOC(=O)C1=C(N)OC2=C(C(=O)CCC2)C1c1ccc2ccccc2c1. The first-order valence-electron chi connectivity index (χ1n) is 9.19. The molecule has 1 aliphatic heterocycles. The van der Waals surface area contributed by atoms with Gasteiger partial charge in [0, 0.05) is 18.4 Å². The van der Waals surface area contributed by atoms with Gasteiger partial charge in [-0.1, -0.05) is 42.5 Å². The zero-order valence-electron chi connectivity index (χ0n) is 15.2. The van der Waals surface area contributed by atoms with E-state index >= 15 is 0 Å². The van der Waals surface area contributed by atoms with Gasteiger partial charge < -0.3 is 15.2 Å². The lowest BCUT2D eigenvalue weighted by molar-refractivity contribution is -0.139. The molecular formula is C22H21NO4. The van der Waals surface area contributed by atoms with Crippen molar-refractivity contribution >= 4 is 22.5 Å². The summed E-state index contributed by atoms with van der Waals surface area (Å²) >= 11 is 0. The first-order valence-corrected chi connectivity index (χ1v) is 9.19. The normalized spacial score (nSPS) is 19.7. The van der Waals surface area contributed by atoms with Crippen LogP contribution in [-0.2, 0) is 19.1 Å². The lowest BCUT2D eigenvalue weighted by Gasteiger charge is -2.32. The minimum atomic E-state index is -0.565. The third kappa shape index (κ3) is 2.99. The number of Topliss-reactive ketones (excluding diaryl/α,β-unsaturated/α-hetero) is 1. The molecule has 0 amide bonds. The van der Waals surface area contributed by atoms with E-state index in [2.05, 4.69) is 0 Å². The van der Waals surface area contributed by atoms with Crippen LogP contribution >= 0.6 is 0 Å². The molecule has 2 aliphatic rings. The highest BCUT2D eigenvalue weighted by molar-refractivity contribution is 6.03. The van der Waals surface area contributed by atoms with Crippen LogP contribution < -0.4 is 5.73 Å². The second-order valence-corrected chi connectivity index (χ2v) is 6.75. The summed E-state index contributed by atoms with van der Waals surface area (Å²) in [6.07, 6.45) is 1.81. The monoisotopic (exact) mass is 363 g/mol.